The third-order valence-corrected chi connectivity index (χ3v) is 6.19. The molecule has 3 N–H and O–H groups in total. The molecule has 0 aliphatic rings. The Labute approximate surface area is 224 Å². The number of benzene rings is 2. The van der Waals surface area contributed by atoms with Gasteiger partial charge in [-0.1, -0.05) is 17.8 Å². The molecule has 0 aliphatic heterocycles. The summed E-state index contributed by atoms with van der Waals surface area (Å²) >= 11 is 1.14. The second-order valence-corrected chi connectivity index (χ2v) is 8.75. The molecule has 1 atom stereocenters. The number of anilines is 1. The van der Waals surface area contributed by atoms with Crippen molar-refractivity contribution in [3.05, 3.63) is 78.1 Å². The van der Waals surface area contributed by atoms with E-state index >= 15 is 0 Å². The number of thioether (sulfide) groups is 1. The first kappa shape index (κ1) is 28.4. The summed E-state index contributed by atoms with van der Waals surface area (Å²) in [6.45, 7) is 5.65. The molecule has 1 heterocycles. The molecule has 0 bridgehead atoms. The summed E-state index contributed by atoms with van der Waals surface area (Å²) in [6.07, 6.45) is 1.63. The summed E-state index contributed by atoms with van der Waals surface area (Å²) in [5.41, 5.74) is 1.31. The predicted molar refractivity (Wildman–Crippen MR) is 142 cm³/mol. The molecule has 1 aromatic heterocycles. The topological polar surface area (TPSA) is 145 Å². The smallest absolute Gasteiger partial charge is 0.338 e. The van der Waals surface area contributed by atoms with E-state index in [9.17, 15) is 19.5 Å². The van der Waals surface area contributed by atoms with Crippen LogP contribution in [0.3, 0.4) is 0 Å². The molecule has 0 fully saturated rings. The van der Waals surface area contributed by atoms with Gasteiger partial charge in [0.25, 0.3) is 5.91 Å². The molecule has 0 radical (unpaired) electrons. The highest BCUT2D eigenvalue weighted by Crippen LogP contribution is 2.22. The number of ether oxygens (including phenoxy) is 2. The molecular formula is C26H29N5O6S. The summed E-state index contributed by atoms with van der Waals surface area (Å²) in [4.78, 5) is 37.0. The van der Waals surface area contributed by atoms with Crippen LogP contribution in [0.5, 0.6) is 5.75 Å². The average Bonchev–Trinajstić information content (AvgIpc) is 3.33. The number of hydrogen-bond acceptors (Lipinski definition) is 9. The second kappa shape index (κ2) is 14.0. The molecule has 0 saturated carbocycles. The van der Waals surface area contributed by atoms with E-state index in [4.69, 9.17) is 9.47 Å². The molecule has 12 heteroatoms. The van der Waals surface area contributed by atoms with Crippen molar-refractivity contribution in [3.8, 4) is 5.75 Å². The zero-order valence-electron chi connectivity index (χ0n) is 21.0. The van der Waals surface area contributed by atoms with Crippen LogP contribution in [0.4, 0.5) is 5.69 Å². The lowest BCUT2D eigenvalue weighted by Crippen LogP contribution is -2.33. The number of rotatable bonds is 13. The van der Waals surface area contributed by atoms with Crippen LogP contribution < -0.4 is 15.4 Å². The molecule has 0 aliphatic carbocycles. The quantitative estimate of drug-likeness (QED) is 0.170. The molecule has 3 aromatic rings. The van der Waals surface area contributed by atoms with Crippen molar-refractivity contribution in [2.24, 2.45) is 0 Å². The maximum atomic E-state index is 12.7. The standard InChI is InChI=1S/C26H29N5O6S/c1-4-14-31-23(21(15-32)28-24(34)17-8-12-20(36-3)13-9-17)29-30-26(31)38-16-22(33)27-19-10-6-18(7-11-19)25(35)37-5-2/h4,6-13,21,32H,1,5,14-16H2,2-3H3,(H,27,33)(H,28,34)/t21-/m1/s1. The number of aliphatic hydroxyl groups is 1. The number of esters is 1. The van der Waals surface area contributed by atoms with Crippen LogP contribution in [0.1, 0.15) is 39.5 Å². The van der Waals surface area contributed by atoms with Crippen molar-refractivity contribution >= 4 is 35.2 Å². The third kappa shape index (κ3) is 7.43. The van der Waals surface area contributed by atoms with Gasteiger partial charge in [0.05, 0.1) is 31.6 Å². The SMILES string of the molecule is C=CCn1c(SCC(=O)Nc2ccc(C(=O)OCC)cc2)nnc1[C@@H](CO)NC(=O)c1ccc(OC)cc1. The Morgan fingerprint density at radius 1 is 1.11 bits per heavy atom. The molecular weight excluding hydrogens is 510 g/mol. The number of carbonyl (C=O) groups excluding carboxylic acids is 3. The Bertz CT molecular complexity index is 1260. The van der Waals surface area contributed by atoms with E-state index in [-0.39, 0.29) is 18.3 Å². The number of aromatic nitrogens is 3. The van der Waals surface area contributed by atoms with Gasteiger partial charge in [-0.15, -0.1) is 16.8 Å². The minimum absolute atomic E-state index is 0.0247. The highest BCUT2D eigenvalue weighted by Gasteiger charge is 2.23. The van der Waals surface area contributed by atoms with Gasteiger partial charge in [0.1, 0.15) is 11.8 Å². The van der Waals surface area contributed by atoms with E-state index in [2.05, 4.69) is 27.4 Å². The largest absolute Gasteiger partial charge is 0.497 e. The van der Waals surface area contributed by atoms with Gasteiger partial charge in [0.15, 0.2) is 11.0 Å². The number of carbonyl (C=O) groups is 3. The Morgan fingerprint density at radius 3 is 2.39 bits per heavy atom. The molecule has 0 spiro atoms. The summed E-state index contributed by atoms with van der Waals surface area (Å²) < 4.78 is 11.7. The molecule has 200 valence electrons. The van der Waals surface area contributed by atoms with Crippen LogP contribution in [0.15, 0.2) is 66.3 Å². The second-order valence-electron chi connectivity index (χ2n) is 7.81. The van der Waals surface area contributed by atoms with Crippen molar-refractivity contribution in [2.75, 3.05) is 31.4 Å². The number of methoxy groups -OCH3 is 1. The summed E-state index contributed by atoms with van der Waals surface area (Å²) in [5.74, 6) is -0.157. The maximum Gasteiger partial charge on any atom is 0.338 e. The van der Waals surface area contributed by atoms with Gasteiger partial charge < -0.3 is 29.8 Å². The van der Waals surface area contributed by atoms with E-state index in [0.29, 0.717) is 40.1 Å². The van der Waals surface area contributed by atoms with Crippen molar-refractivity contribution in [1.82, 2.24) is 20.1 Å². The number of hydrogen-bond donors (Lipinski definition) is 3. The van der Waals surface area contributed by atoms with E-state index < -0.39 is 24.5 Å². The fraction of sp³-hybridized carbons (Fsp3) is 0.269. The summed E-state index contributed by atoms with van der Waals surface area (Å²) in [6, 6.07) is 12.1. The van der Waals surface area contributed by atoms with Crippen molar-refractivity contribution in [3.63, 3.8) is 0 Å². The molecule has 0 saturated heterocycles. The van der Waals surface area contributed by atoms with Gasteiger partial charge in [0, 0.05) is 17.8 Å². The fourth-order valence-electron chi connectivity index (χ4n) is 3.37. The summed E-state index contributed by atoms with van der Waals surface area (Å²) in [5, 5.41) is 24.2. The van der Waals surface area contributed by atoms with Crippen LogP contribution in [0.25, 0.3) is 0 Å². The lowest BCUT2D eigenvalue weighted by molar-refractivity contribution is -0.113. The Kier molecular flexibility index (Phi) is 10.4. The molecule has 0 unspecified atom stereocenters. The van der Waals surface area contributed by atoms with Crippen LogP contribution in [0, 0.1) is 0 Å². The third-order valence-electron chi connectivity index (χ3n) is 5.22. The minimum atomic E-state index is -0.835. The molecule has 38 heavy (non-hydrogen) atoms. The maximum absolute atomic E-state index is 12.7. The van der Waals surface area contributed by atoms with Crippen LogP contribution >= 0.6 is 11.8 Å². The van der Waals surface area contributed by atoms with Crippen LogP contribution in [0.2, 0.25) is 0 Å². The first-order valence-electron chi connectivity index (χ1n) is 11.7. The van der Waals surface area contributed by atoms with Crippen molar-refractivity contribution in [2.45, 2.75) is 24.7 Å². The molecule has 11 nitrogen and oxygen atoms in total. The average molecular weight is 540 g/mol. The summed E-state index contributed by atoms with van der Waals surface area (Å²) in [7, 11) is 1.53. The van der Waals surface area contributed by atoms with Crippen LogP contribution in [-0.2, 0) is 16.1 Å². The van der Waals surface area contributed by atoms with Gasteiger partial charge in [-0.25, -0.2) is 4.79 Å². The van der Waals surface area contributed by atoms with Crippen molar-refractivity contribution < 1.29 is 29.0 Å². The van der Waals surface area contributed by atoms with Gasteiger partial charge in [-0.3, -0.25) is 9.59 Å². The normalized spacial score (nSPS) is 11.3. The van der Waals surface area contributed by atoms with E-state index in [0.717, 1.165) is 11.8 Å². The zero-order valence-corrected chi connectivity index (χ0v) is 21.9. The first-order chi connectivity index (χ1) is 18.4. The fourth-order valence-corrected chi connectivity index (χ4v) is 4.13. The Morgan fingerprint density at radius 2 is 1.79 bits per heavy atom. The first-order valence-corrected chi connectivity index (χ1v) is 12.7. The van der Waals surface area contributed by atoms with Gasteiger partial charge in [-0.2, -0.15) is 0 Å². The Hall–Kier alpha value is -4.16. The lowest BCUT2D eigenvalue weighted by Gasteiger charge is -2.17. The number of nitrogens with zero attached hydrogens (tertiary/aromatic N) is 3. The highest BCUT2D eigenvalue weighted by atomic mass is 32.2. The zero-order chi connectivity index (χ0) is 27.5. The van der Waals surface area contributed by atoms with E-state index in [1.807, 2.05) is 0 Å². The lowest BCUT2D eigenvalue weighted by atomic mass is 10.2. The van der Waals surface area contributed by atoms with Gasteiger partial charge in [0.2, 0.25) is 5.91 Å². The molecule has 2 aromatic carbocycles. The number of nitrogens with one attached hydrogen (secondary N) is 2. The van der Waals surface area contributed by atoms with E-state index in [1.165, 1.54) is 7.11 Å². The monoisotopic (exact) mass is 539 g/mol. The Balaban J connectivity index is 1.64. The number of aliphatic hydroxyl groups excluding tert-OH is 1. The molecule has 2 amide bonds. The van der Waals surface area contributed by atoms with Gasteiger partial charge >= 0.3 is 5.97 Å². The van der Waals surface area contributed by atoms with Crippen LogP contribution in [-0.4, -0.2) is 63.7 Å². The number of allylic oxidation sites excluding steroid dienone is 1. The van der Waals surface area contributed by atoms with E-state index in [1.54, 1.807) is 66.1 Å². The number of amides is 2. The van der Waals surface area contributed by atoms with Gasteiger partial charge in [-0.05, 0) is 55.5 Å². The molecule has 3 rings (SSSR count). The highest BCUT2D eigenvalue weighted by molar-refractivity contribution is 7.99. The predicted octanol–water partition coefficient (Wildman–Crippen LogP) is 2.84. The minimum Gasteiger partial charge on any atom is -0.497 e. The van der Waals surface area contributed by atoms with Crippen molar-refractivity contribution in [1.29, 1.82) is 0 Å².